The van der Waals surface area contributed by atoms with Gasteiger partial charge in [0.05, 0.1) is 6.04 Å². The second-order valence-electron chi connectivity index (χ2n) is 6.42. The van der Waals surface area contributed by atoms with Crippen molar-refractivity contribution in [3.05, 3.63) is 89.2 Å². The van der Waals surface area contributed by atoms with Gasteiger partial charge in [-0.3, -0.25) is 0 Å². The van der Waals surface area contributed by atoms with E-state index in [1.807, 2.05) is 85.1 Å². The zero-order valence-electron chi connectivity index (χ0n) is 15.0. The van der Waals surface area contributed by atoms with Crippen molar-refractivity contribution in [2.24, 2.45) is 0 Å². The van der Waals surface area contributed by atoms with E-state index in [4.69, 9.17) is 4.74 Å². The zero-order valence-corrected chi connectivity index (χ0v) is 15.0. The van der Waals surface area contributed by atoms with Crippen molar-refractivity contribution in [3.63, 3.8) is 0 Å². The summed E-state index contributed by atoms with van der Waals surface area (Å²) in [5, 5.41) is 11.3. The maximum absolute atomic E-state index is 11.3. The van der Waals surface area contributed by atoms with Gasteiger partial charge in [0.15, 0.2) is 0 Å². The Hall–Kier alpha value is -3.01. The van der Waals surface area contributed by atoms with Crippen LogP contribution in [0.3, 0.4) is 0 Å². The number of nitrogens with zero attached hydrogens (tertiary/aromatic N) is 1. The fourth-order valence-corrected chi connectivity index (χ4v) is 3.21. The summed E-state index contributed by atoms with van der Waals surface area (Å²) in [4.78, 5) is 11.3. The smallest absolute Gasteiger partial charge is 0.119 e. The summed E-state index contributed by atoms with van der Waals surface area (Å²) in [6.07, 6.45) is -0.0689. The molecule has 0 bridgehead atoms. The van der Waals surface area contributed by atoms with Crippen LogP contribution in [0.15, 0.2) is 66.7 Å². The third-order valence-electron chi connectivity index (χ3n) is 4.51. The quantitative estimate of drug-likeness (QED) is 0.657. The van der Waals surface area contributed by atoms with Crippen LogP contribution in [-0.2, 0) is 11.4 Å². The number of carboxylic acid groups (broad SMARTS) is 1. The van der Waals surface area contributed by atoms with Gasteiger partial charge in [-0.1, -0.05) is 42.5 Å². The number of hydrogen-bond donors (Lipinski definition) is 0. The van der Waals surface area contributed by atoms with Gasteiger partial charge in [-0.25, -0.2) is 0 Å². The number of aromatic nitrogens is 1. The summed E-state index contributed by atoms with van der Waals surface area (Å²) < 4.78 is 7.85. The number of hydrogen-bond acceptors (Lipinski definition) is 3. The Morgan fingerprint density at radius 3 is 2.15 bits per heavy atom. The van der Waals surface area contributed by atoms with Crippen molar-refractivity contribution < 1.29 is 14.6 Å². The van der Waals surface area contributed by atoms with Crippen LogP contribution < -0.4 is 9.84 Å². The van der Waals surface area contributed by atoms with Gasteiger partial charge in [-0.2, -0.15) is 0 Å². The standard InChI is InChI=1S/C22H23NO3/c1-16-8-9-17(2)23(16)21(14-22(24)25)19-10-12-20(13-11-19)26-15-18-6-4-3-5-7-18/h3-13,21H,14-15H2,1-2H3,(H,24,25)/p-1/t21-/m1/s1. The summed E-state index contributed by atoms with van der Waals surface area (Å²) in [7, 11) is 0. The molecular formula is C22H22NO3-. The van der Waals surface area contributed by atoms with E-state index in [1.165, 1.54) is 0 Å². The van der Waals surface area contributed by atoms with Crippen molar-refractivity contribution >= 4 is 5.97 Å². The third-order valence-corrected chi connectivity index (χ3v) is 4.51. The normalized spacial score (nSPS) is 11.9. The van der Waals surface area contributed by atoms with Crippen LogP contribution >= 0.6 is 0 Å². The second kappa shape index (κ2) is 7.91. The Kier molecular flexibility index (Phi) is 5.42. The molecule has 0 aliphatic rings. The van der Waals surface area contributed by atoms with Crippen LogP contribution in [-0.4, -0.2) is 10.5 Å². The van der Waals surface area contributed by atoms with Crippen molar-refractivity contribution in [2.45, 2.75) is 32.9 Å². The lowest BCUT2D eigenvalue weighted by Gasteiger charge is -2.24. The molecule has 1 aromatic heterocycles. The average molecular weight is 348 g/mol. The first kappa shape index (κ1) is 17.8. The summed E-state index contributed by atoms with van der Waals surface area (Å²) in [6.45, 7) is 4.46. The average Bonchev–Trinajstić information content (AvgIpc) is 2.98. The Morgan fingerprint density at radius 1 is 0.962 bits per heavy atom. The first-order chi connectivity index (χ1) is 12.5. The van der Waals surface area contributed by atoms with Crippen LogP contribution in [0.2, 0.25) is 0 Å². The predicted molar refractivity (Wildman–Crippen MR) is 98.9 cm³/mol. The molecule has 0 fully saturated rings. The summed E-state index contributed by atoms with van der Waals surface area (Å²) >= 11 is 0. The molecule has 0 saturated heterocycles. The van der Waals surface area contributed by atoms with E-state index in [2.05, 4.69) is 0 Å². The molecule has 0 spiro atoms. The molecule has 0 N–H and O–H groups in total. The Labute approximate surface area is 153 Å². The topological polar surface area (TPSA) is 54.3 Å². The predicted octanol–water partition coefficient (Wildman–Crippen LogP) is 3.41. The minimum Gasteiger partial charge on any atom is -0.550 e. The molecule has 4 nitrogen and oxygen atoms in total. The van der Waals surface area contributed by atoms with Crippen molar-refractivity contribution in [1.82, 2.24) is 4.57 Å². The molecular weight excluding hydrogens is 326 g/mol. The molecule has 0 amide bonds. The molecule has 3 aromatic rings. The lowest BCUT2D eigenvalue weighted by Crippen LogP contribution is -2.27. The van der Waals surface area contributed by atoms with Crippen molar-refractivity contribution in [2.75, 3.05) is 0 Å². The largest absolute Gasteiger partial charge is 0.550 e. The fourth-order valence-electron chi connectivity index (χ4n) is 3.21. The summed E-state index contributed by atoms with van der Waals surface area (Å²) in [5.41, 5.74) is 4.07. The van der Waals surface area contributed by atoms with E-state index in [1.54, 1.807) is 0 Å². The van der Waals surface area contributed by atoms with Crippen LogP contribution in [0.25, 0.3) is 0 Å². The number of aliphatic carboxylic acids is 1. The van der Waals surface area contributed by atoms with Gasteiger partial charge < -0.3 is 19.2 Å². The molecule has 0 radical (unpaired) electrons. The zero-order chi connectivity index (χ0) is 18.5. The first-order valence-corrected chi connectivity index (χ1v) is 8.65. The van der Waals surface area contributed by atoms with E-state index in [9.17, 15) is 9.90 Å². The minimum absolute atomic E-state index is 0.0689. The van der Waals surface area contributed by atoms with Gasteiger partial charge in [0, 0.05) is 23.8 Å². The number of carboxylic acids is 1. The number of rotatable bonds is 7. The van der Waals surface area contributed by atoms with E-state index >= 15 is 0 Å². The number of carbonyl (C=O) groups is 1. The molecule has 3 rings (SSSR count). The fraction of sp³-hybridized carbons (Fsp3) is 0.227. The van der Waals surface area contributed by atoms with Gasteiger partial charge >= 0.3 is 0 Å². The second-order valence-corrected chi connectivity index (χ2v) is 6.42. The highest BCUT2D eigenvalue weighted by Gasteiger charge is 2.17. The molecule has 1 atom stereocenters. The van der Waals surface area contributed by atoms with Crippen LogP contribution in [0.4, 0.5) is 0 Å². The third kappa shape index (κ3) is 4.14. The van der Waals surface area contributed by atoms with E-state index in [0.29, 0.717) is 6.61 Å². The van der Waals surface area contributed by atoms with Gasteiger partial charge in [-0.05, 0) is 49.2 Å². The van der Waals surface area contributed by atoms with Gasteiger partial charge in [-0.15, -0.1) is 0 Å². The minimum atomic E-state index is -1.06. The molecule has 26 heavy (non-hydrogen) atoms. The lowest BCUT2D eigenvalue weighted by molar-refractivity contribution is -0.306. The van der Waals surface area contributed by atoms with E-state index in [0.717, 1.165) is 28.3 Å². The van der Waals surface area contributed by atoms with E-state index < -0.39 is 5.97 Å². The molecule has 134 valence electrons. The molecule has 1 heterocycles. The molecule has 0 aliphatic heterocycles. The van der Waals surface area contributed by atoms with Gasteiger partial charge in [0.2, 0.25) is 0 Å². The highest BCUT2D eigenvalue weighted by atomic mass is 16.5. The van der Waals surface area contributed by atoms with Crippen LogP contribution in [0.5, 0.6) is 5.75 Å². The maximum Gasteiger partial charge on any atom is 0.119 e. The lowest BCUT2D eigenvalue weighted by atomic mass is 10.0. The van der Waals surface area contributed by atoms with Crippen LogP contribution in [0.1, 0.15) is 35.0 Å². The van der Waals surface area contributed by atoms with Gasteiger partial charge in [0.1, 0.15) is 12.4 Å². The highest BCUT2D eigenvalue weighted by Crippen LogP contribution is 2.28. The Morgan fingerprint density at radius 2 is 1.58 bits per heavy atom. The number of carbonyl (C=O) groups excluding carboxylic acids is 1. The van der Waals surface area contributed by atoms with Crippen LogP contribution in [0, 0.1) is 13.8 Å². The Balaban J connectivity index is 1.79. The highest BCUT2D eigenvalue weighted by molar-refractivity contribution is 5.65. The monoisotopic (exact) mass is 348 g/mol. The van der Waals surface area contributed by atoms with Crippen molar-refractivity contribution in [1.29, 1.82) is 0 Å². The van der Waals surface area contributed by atoms with E-state index in [-0.39, 0.29) is 12.5 Å². The molecule has 0 saturated carbocycles. The number of ether oxygens (including phenoxy) is 1. The molecule has 2 aromatic carbocycles. The molecule has 0 aliphatic carbocycles. The first-order valence-electron chi connectivity index (χ1n) is 8.65. The SMILES string of the molecule is Cc1ccc(C)n1[C@H](CC(=O)[O-])c1ccc(OCc2ccccc2)cc1. The molecule has 4 heteroatoms. The molecule has 0 unspecified atom stereocenters. The Bertz CT molecular complexity index is 847. The van der Waals surface area contributed by atoms with Gasteiger partial charge in [0.25, 0.3) is 0 Å². The van der Waals surface area contributed by atoms with Crippen molar-refractivity contribution in [3.8, 4) is 5.75 Å². The number of aryl methyl sites for hydroxylation is 2. The summed E-state index contributed by atoms with van der Waals surface area (Å²) in [6, 6.07) is 21.3. The maximum atomic E-state index is 11.3. The number of benzene rings is 2. The summed E-state index contributed by atoms with van der Waals surface area (Å²) in [5.74, 6) is -0.308.